The number of carbonyl (C=O) groups is 3. The van der Waals surface area contributed by atoms with Crippen LogP contribution in [0.5, 0.6) is 0 Å². The van der Waals surface area contributed by atoms with Crippen molar-refractivity contribution in [2.75, 3.05) is 25.0 Å². The predicted octanol–water partition coefficient (Wildman–Crippen LogP) is 1.92. The van der Waals surface area contributed by atoms with Crippen molar-refractivity contribution in [3.8, 4) is 0 Å². The molecule has 0 aliphatic heterocycles. The van der Waals surface area contributed by atoms with Crippen LogP contribution in [0, 0.1) is 6.92 Å². The highest BCUT2D eigenvalue weighted by atomic mass is 32.2. The second-order valence-electron chi connectivity index (χ2n) is 6.64. The van der Waals surface area contributed by atoms with Crippen molar-refractivity contribution >= 4 is 33.5 Å². The fourth-order valence-electron chi connectivity index (χ4n) is 2.84. The molecular weight excluding hydrogens is 422 g/mol. The smallest absolute Gasteiger partial charge is 0.338 e. The summed E-state index contributed by atoms with van der Waals surface area (Å²) in [6.45, 7) is 5.13. The lowest BCUT2D eigenvalue weighted by Crippen LogP contribution is -2.31. The van der Waals surface area contributed by atoms with E-state index in [0.717, 1.165) is 0 Å². The fraction of sp³-hybridized carbons (Fsp3) is 0.286. The lowest BCUT2D eigenvalue weighted by molar-refractivity contribution is -0.119. The van der Waals surface area contributed by atoms with Gasteiger partial charge in [-0.05, 0) is 48.9 Å². The van der Waals surface area contributed by atoms with Crippen molar-refractivity contribution < 1.29 is 27.5 Å². The molecule has 166 valence electrons. The number of primary amides is 1. The van der Waals surface area contributed by atoms with Crippen LogP contribution in [0.4, 0.5) is 5.69 Å². The Morgan fingerprint density at radius 1 is 1.00 bits per heavy atom. The molecule has 0 heterocycles. The van der Waals surface area contributed by atoms with Crippen LogP contribution >= 0.6 is 0 Å². The zero-order valence-electron chi connectivity index (χ0n) is 17.5. The van der Waals surface area contributed by atoms with E-state index in [-0.39, 0.29) is 10.5 Å². The second-order valence-corrected chi connectivity index (χ2v) is 8.54. The van der Waals surface area contributed by atoms with Crippen LogP contribution in [0.3, 0.4) is 0 Å². The Morgan fingerprint density at radius 2 is 1.58 bits per heavy atom. The van der Waals surface area contributed by atoms with E-state index < -0.39 is 34.4 Å². The molecule has 0 unspecified atom stereocenters. The summed E-state index contributed by atoms with van der Waals surface area (Å²) in [7, 11) is -3.76. The number of nitrogens with two attached hydrogens (primary N) is 1. The molecule has 31 heavy (non-hydrogen) atoms. The van der Waals surface area contributed by atoms with Gasteiger partial charge < -0.3 is 15.8 Å². The van der Waals surface area contributed by atoms with Crippen molar-refractivity contribution in [2.24, 2.45) is 5.73 Å². The molecule has 9 nitrogen and oxygen atoms in total. The number of rotatable bonds is 9. The van der Waals surface area contributed by atoms with E-state index in [4.69, 9.17) is 10.5 Å². The first-order valence-corrected chi connectivity index (χ1v) is 11.0. The molecule has 2 amide bonds. The standard InChI is InChI=1S/C21H25N3O6S/c1-4-24(5-2)31(28,29)18-12-16(7-6-14(18)3)21(27)30-13-19(25)23-17-10-8-15(9-11-17)20(22)26/h6-12H,4-5,13H2,1-3H3,(H2,22,26)(H,23,25). The first-order chi connectivity index (χ1) is 14.6. The van der Waals surface area contributed by atoms with E-state index in [1.54, 1.807) is 20.8 Å². The van der Waals surface area contributed by atoms with Crippen LogP contribution in [0.2, 0.25) is 0 Å². The maximum absolute atomic E-state index is 12.8. The van der Waals surface area contributed by atoms with Gasteiger partial charge in [0, 0.05) is 24.3 Å². The van der Waals surface area contributed by atoms with Gasteiger partial charge in [0.05, 0.1) is 10.5 Å². The second kappa shape index (κ2) is 10.2. The van der Waals surface area contributed by atoms with Gasteiger partial charge in [-0.3, -0.25) is 9.59 Å². The average molecular weight is 448 g/mol. The third-order valence-electron chi connectivity index (χ3n) is 4.53. The third-order valence-corrected chi connectivity index (χ3v) is 6.73. The summed E-state index contributed by atoms with van der Waals surface area (Å²) < 4.78 is 31.9. The lowest BCUT2D eigenvalue weighted by atomic mass is 10.1. The summed E-state index contributed by atoms with van der Waals surface area (Å²) in [6, 6.07) is 10.1. The van der Waals surface area contributed by atoms with Gasteiger partial charge in [0.15, 0.2) is 6.61 Å². The van der Waals surface area contributed by atoms with E-state index in [1.165, 1.54) is 46.8 Å². The van der Waals surface area contributed by atoms with E-state index >= 15 is 0 Å². The van der Waals surface area contributed by atoms with Crippen molar-refractivity contribution in [1.82, 2.24) is 4.31 Å². The van der Waals surface area contributed by atoms with Gasteiger partial charge in [-0.2, -0.15) is 4.31 Å². The Labute approximate surface area is 181 Å². The number of ether oxygens (including phenoxy) is 1. The molecule has 0 spiro atoms. The summed E-state index contributed by atoms with van der Waals surface area (Å²) in [4.78, 5) is 35.5. The third kappa shape index (κ3) is 5.89. The zero-order chi connectivity index (χ0) is 23.2. The largest absolute Gasteiger partial charge is 0.452 e. The van der Waals surface area contributed by atoms with Crippen LogP contribution < -0.4 is 11.1 Å². The maximum atomic E-state index is 12.8. The molecule has 0 aromatic heterocycles. The highest BCUT2D eigenvalue weighted by molar-refractivity contribution is 7.89. The first kappa shape index (κ1) is 24.0. The van der Waals surface area contributed by atoms with Gasteiger partial charge in [-0.1, -0.05) is 19.9 Å². The SMILES string of the molecule is CCN(CC)S(=O)(=O)c1cc(C(=O)OCC(=O)Nc2ccc(C(N)=O)cc2)ccc1C. The molecule has 0 saturated heterocycles. The molecule has 2 aromatic carbocycles. The molecule has 0 fully saturated rings. The minimum absolute atomic E-state index is 0.0182. The Bertz CT molecular complexity index is 1080. The summed E-state index contributed by atoms with van der Waals surface area (Å²) in [6.07, 6.45) is 0. The highest BCUT2D eigenvalue weighted by Gasteiger charge is 2.25. The van der Waals surface area contributed by atoms with Crippen LogP contribution in [-0.2, 0) is 19.6 Å². The normalized spacial score (nSPS) is 11.2. The minimum atomic E-state index is -3.76. The summed E-state index contributed by atoms with van der Waals surface area (Å²) in [5.74, 6) is -2.01. The van der Waals surface area contributed by atoms with Crippen molar-refractivity contribution in [1.29, 1.82) is 0 Å². The summed E-state index contributed by atoms with van der Waals surface area (Å²) in [5.41, 5.74) is 6.37. The predicted molar refractivity (Wildman–Crippen MR) is 115 cm³/mol. The molecule has 3 N–H and O–H groups in total. The van der Waals surface area contributed by atoms with Gasteiger partial charge >= 0.3 is 5.97 Å². The number of nitrogens with zero attached hydrogens (tertiary/aromatic N) is 1. The van der Waals surface area contributed by atoms with E-state index in [9.17, 15) is 22.8 Å². The number of sulfonamides is 1. The molecule has 2 aromatic rings. The molecule has 0 radical (unpaired) electrons. The first-order valence-electron chi connectivity index (χ1n) is 9.57. The number of nitrogens with one attached hydrogen (secondary N) is 1. The number of anilines is 1. The Hall–Kier alpha value is -3.24. The van der Waals surface area contributed by atoms with Gasteiger partial charge in [0.2, 0.25) is 15.9 Å². The number of benzene rings is 2. The minimum Gasteiger partial charge on any atom is -0.452 e. The van der Waals surface area contributed by atoms with Crippen LogP contribution in [0.1, 0.15) is 40.1 Å². The number of esters is 1. The molecule has 0 atom stereocenters. The highest BCUT2D eigenvalue weighted by Crippen LogP contribution is 2.22. The molecule has 2 rings (SSSR count). The van der Waals surface area contributed by atoms with Crippen LogP contribution in [-0.4, -0.2) is 50.2 Å². The quantitative estimate of drug-likeness (QED) is 0.564. The van der Waals surface area contributed by atoms with Crippen LogP contribution in [0.15, 0.2) is 47.4 Å². The average Bonchev–Trinajstić information content (AvgIpc) is 2.73. The Balaban J connectivity index is 2.07. The molecule has 0 bridgehead atoms. The maximum Gasteiger partial charge on any atom is 0.338 e. The summed E-state index contributed by atoms with van der Waals surface area (Å²) >= 11 is 0. The molecule has 10 heteroatoms. The van der Waals surface area contributed by atoms with Gasteiger partial charge in [-0.25, -0.2) is 13.2 Å². The lowest BCUT2D eigenvalue weighted by Gasteiger charge is -2.20. The van der Waals surface area contributed by atoms with Gasteiger partial charge in [0.1, 0.15) is 0 Å². The number of aryl methyl sites for hydroxylation is 1. The number of hydrogen-bond acceptors (Lipinski definition) is 6. The van der Waals surface area contributed by atoms with Crippen molar-refractivity contribution in [3.05, 3.63) is 59.2 Å². The number of hydrogen-bond donors (Lipinski definition) is 2. The van der Waals surface area contributed by atoms with Gasteiger partial charge in [0.25, 0.3) is 5.91 Å². The summed E-state index contributed by atoms with van der Waals surface area (Å²) in [5, 5.41) is 2.52. The fourth-order valence-corrected chi connectivity index (χ4v) is 4.55. The zero-order valence-corrected chi connectivity index (χ0v) is 18.4. The number of carbonyl (C=O) groups excluding carboxylic acids is 3. The molecule has 0 aliphatic carbocycles. The Morgan fingerprint density at radius 3 is 2.13 bits per heavy atom. The topological polar surface area (TPSA) is 136 Å². The van der Waals surface area contributed by atoms with E-state index in [2.05, 4.69) is 5.32 Å². The van der Waals surface area contributed by atoms with Crippen molar-refractivity contribution in [2.45, 2.75) is 25.7 Å². The van der Waals surface area contributed by atoms with E-state index in [1.807, 2.05) is 0 Å². The molecular formula is C21H25N3O6S. The monoisotopic (exact) mass is 447 g/mol. The molecule has 0 aliphatic rings. The van der Waals surface area contributed by atoms with E-state index in [0.29, 0.717) is 29.9 Å². The Kier molecular flexibility index (Phi) is 7.89. The molecule has 0 saturated carbocycles. The number of amides is 2. The van der Waals surface area contributed by atoms with Gasteiger partial charge in [-0.15, -0.1) is 0 Å². The van der Waals surface area contributed by atoms with Crippen molar-refractivity contribution in [3.63, 3.8) is 0 Å². The van der Waals surface area contributed by atoms with Crippen LogP contribution in [0.25, 0.3) is 0 Å².